The average molecular weight is 1520 g/mol. The van der Waals surface area contributed by atoms with Crippen molar-refractivity contribution < 1.29 is 117 Å². The van der Waals surface area contributed by atoms with Crippen molar-refractivity contribution in [1.29, 1.82) is 0 Å². The molecule has 0 aromatic carbocycles. The van der Waals surface area contributed by atoms with Crippen LogP contribution in [0.25, 0.3) is 0 Å². The lowest BCUT2D eigenvalue weighted by Crippen LogP contribution is -2.57. The van der Waals surface area contributed by atoms with E-state index in [1.165, 1.54) is 0 Å². The topological polar surface area (TPSA) is 440 Å². The summed E-state index contributed by atoms with van der Waals surface area (Å²) in [6, 6.07) is -3.58. The van der Waals surface area contributed by atoms with Crippen LogP contribution in [0.2, 0.25) is 0 Å². The van der Waals surface area contributed by atoms with Gasteiger partial charge in [-0.1, -0.05) is 41.5 Å². The predicted molar refractivity (Wildman–Crippen MR) is 386 cm³/mol. The Kier molecular flexibility index (Phi) is 45.6. The van der Waals surface area contributed by atoms with Crippen LogP contribution in [0.1, 0.15) is 110 Å². The molecule has 3 saturated heterocycles. The number of ether oxygens (including phenoxy) is 5. The Balaban J connectivity index is 0.000000799. The van der Waals surface area contributed by atoms with Gasteiger partial charge in [0.2, 0.25) is 0 Å². The van der Waals surface area contributed by atoms with Crippen molar-refractivity contribution >= 4 is 79.7 Å². The molecule has 8 unspecified atom stereocenters. The number of Topliss-reactive ketones (excluding diaryl/α,β-unsaturated/α-hetero) is 2. The van der Waals surface area contributed by atoms with Crippen LogP contribution in [0.4, 0.5) is 0 Å². The summed E-state index contributed by atoms with van der Waals surface area (Å²) < 4.78 is 25.5. The molecule has 0 amide bonds. The summed E-state index contributed by atoms with van der Waals surface area (Å²) in [5.41, 5.74) is -1.49. The molecule has 3 aliphatic heterocycles. The maximum absolute atomic E-state index is 12.8. The molecule has 7 N–H and O–H groups in total. The maximum Gasteiger partial charge on any atom is 0.322 e. The van der Waals surface area contributed by atoms with Gasteiger partial charge in [-0.15, -0.1) is 0 Å². The molecule has 0 spiro atoms. The van der Waals surface area contributed by atoms with Gasteiger partial charge < -0.3 is 59.6 Å². The third-order valence-corrected chi connectivity index (χ3v) is 18.9. The quantitative estimate of drug-likeness (QED) is 0.0302. The summed E-state index contributed by atoms with van der Waals surface area (Å²) in [6.07, 6.45) is -2.46. The van der Waals surface area contributed by atoms with Crippen molar-refractivity contribution in [3.05, 3.63) is 0 Å². The van der Waals surface area contributed by atoms with E-state index in [9.17, 15) is 93.0 Å². The standard InChI is InChI=1S/C25H44N4O9.C24H45N5O8.C20H36N4O7/c1-18(23(33)34)26-7-9-27(19(2)37-16-30)10-11-28(20(3)38-17-31)12-14-29(13-8-26)21(24(35)36)15-22(32)25(4,5)6;1-18(22(32)33)26-7-9-27(19(2)36-16-30)10-11-28(20(3)37-17-31)12-14-29(13-8-26)21(23(34)35)15-25-24(4,5)6;1-20(2,3)17(26)12-21-4-5-22(13-18(27)28)6-7-23(14-19(29)30)9-11-24(10-8-21)15-31-16-25/h16-21H,7-15H2,1-6H3,(H,33,34)(H,35,36);16-21,25H,7-15H2,1-6H3,(H,32,33)(H,34,35);16H,4-15H2,1-3H3,(H,27,28)(H,29,30). The molecular weight excluding hydrogens is 1390 g/mol. The summed E-state index contributed by atoms with van der Waals surface area (Å²) in [4.78, 5) is 173. The maximum atomic E-state index is 12.8. The number of ketones is 2. The molecule has 610 valence electrons. The van der Waals surface area contributed by atoms with Crippen molar-refractivity contribution in [2.45, 2.75) is 165 Å². The highest BCUT2D eigenvalue weighted by atomic mass is 16.6. The molecule has 3 rings (SSSR count). The summed E-state index contributed by atoms with van der Waals surface area (Å²) in [6.45, 7) is 38.0. The molecular formula is C69H125N13O24. The highest BCUT2D eigenvalue weighted by Gasteiger charge is 2.37. The number of carbonyl (C=O) groups is 13. The Morgan fingerprint density at radius 3 is 0.849 bits per heavy atom. The zero-order valence-corrected chi connectivity index (χ0v) is 65.1. The molecule has 37 nitrogen and oxygen atoms in total. The average Bonchev–Trinajstić information content (AvgIpc) is 0.854. The Labute approximate surface area is 624 Å². The van der Waals surface area contributed by atoms with Gasteiger partial charge in [0, 0.05) is 186 Å². The fourth-order valence-electron chi connectivity index (χ4n) is 11.6. The minimum atomic E-state index is -1.14. The van der Waals surface area contributed by atoms with E-state index in [4.69, 9.17) is 23.7 Å². The van der Waals surface area contributed by atoms with Crippen LogP contribution in [0, 0.1) is 10.8 Å². The second-order valence-corrected chi connectivity index (χ2v) is 29.7. The minimum absolute atomic E-state index is 0.0800. The Hall–Kier alpha value is -7.01. The number of rotatable bonds is 33. The van der Waals surface area contributed by atoms with Gasteiger partial charge in [0.25, 0.3) is 32.4 Å². The summed E-state index contributed by atoms with van der Waals surface area (Å²) in [7, 11) is 0. The molecule has 0 aromatic heterocycles. The highest BCUT2D eigenvalue weighted by molar-refractivity contribution is 5.89. The van der Waals surface area contributed by atoms with Gasteiger partial charge in [-0.05, 0) is 62.3 Å². The Morgan fingerprint density at radius 1 is 0.340 bits per heavy atom. The molecule has 0 bridgehead atoms. The number of hydrogen-bond donors (Lipinski definition) is 7. The summed E-state index contributed by atoms with van der Waals surface area (Å²) >= 11 is 0. The van der Waals surface area contributed by atoms with Crippen molar-refractivity contribution in [3.63, 3.8) is 0 Å². The third kappa shape index (κ3) is 39.2. The van der Waals surface area contributed by atoms with E-state index < -0.39 is 95.7 Å². The number of carboxylic acid groups (broad SMARTS) is 6. The summed E-state index contributed by atoms with van der Waals surface area (Å²) in [5.74, 6) is -6.12. The van der Waals surface area contributed by atoms with E-state index in [0.717, 1.165) is 0 Å². The molecule has 106 heavy (non-hydrogen) atoms. The number of nitrogens with zero attached hydrogens (tertiary/aromatic N) is 12. The summed E-state index contributed by atoms with van der Waals surface area (Å²) in [5, 5.41) is 61.1. The van der Waals surface area contributed by atoms with E-state index >= 15 is 0 Å². The zero-order valence-electron chi connectivity index (χ0n) is 65.1. The first kappa shape index (κ1) is 97.0. The lowest BCUT2D eigenvalue weighted by atomic mass is 9.86. The van der Waals surface area contributed by atoms with Gasteiger partial charge in [0.1, 0.15) is 36.7 Å². The van der Waals surface area contributed by atoms with Crippen LogP contribution < -0.4 is 5.32 Å². The fraction of sp³-hybridized carbons (Fsp3) is 0.812. The number of nitrogens with one attached hydrogen (secondary N) is 1. The molecule has 8 atom stereocenters. The number of aliphatic carboxylic acids is 6. The van der Waals surface area contributed by atoms with Crippen molar-refractivity contribution in [3.8, 4) is 0 Å². The first-order valence-electron chi connectivity index (χ1n) is 35.9. The molecule has 0 aromatic rings. The van der Waals surface area contributed by atoms with Crippen molar-refractivity contribution in [2.24, 2.45) is 10.8 Å². The van der Waals surface area contributed by atoms with E-state index in [-0.39, 0.29) is 76.1 Å². The monoisotopic (exact) mass is 1520 g/mol. The largest absolute Gasteiger partial charge is 0.480 e. The predicted octanol–water partition coefficient (Wildman–Crippen LogP) is -1.14. The number of hydrogen-bond acceptors (Lipinski definition) is 31. The van der Waals surface area contributed by atoms with Crippen molar-refractivity contribution in [1.82, 2.24) is 64.1 Å². The van der Waals surface area contributed by atoms with Gasteiger partial charge in [-0.2, -0.15) is 0 Å². The van der Waals surface area contributed by atoms with Gasteiger partial charge >= 0.3 is 35.8 Å². The Morgan fingerprint density at radius 2 is 0.604 bits per heavy atom. The molecule has 3 fully saturated rings. The smallest absolute Gasteiger partial charge is 0.322 e. The molecule has 37 heteroatoms. The SMILES string of the molecule is CC(C)(C)C(=O)CN1CCN(COC=O)CCN(CC(=O)O)CCN(CC(=O)O)CC1.CC(OC=O)N1CCN(C(C)OC=O)CCN(C(CC(=O)C(C)(C)C)C(=O)O)CCN(C(C)C(=O)O)CC1.CC(OC=O)N1CCN(C(C)OC=O)CCN(C(CNC(C)(C)C)C(=O)O)CCN(C(C)C(=O)O)CC1. The zero-order chi connectivity index (χ0) is 80.7. The molecule has 0 saturated carbocycles. The third-order valence-electron chi connectivity index (χ3n) is 18.9. The number of carboxylic acids is 6. The van der Waals surface area contributed by atoms with E-state index in [1.54, 1.807) is 86.8 Å². The molecule has 0 radical (unpaired) electrons. The molecule has 0 aliphatic carbocycles. The highest BCUT2D eigenvalue weighted by Crippen LogP contribution is 2.22. The van der Waals surface area contributed by atoms with Crippen LogP contribution in [0.3, 0.4) is 0 Å². The van der Waals surface area contributed by atoms with Crippen molar-refractivity contribution in [2.75, 3.05) is 190 Å². The first-order valence-corrected chi connectivity index (χ1v) is 35.9. The van der Waals surface area contributed by atoms with Gasteiger partial charge in [-0.3, -0.25) is 121 Å². The van der Waals surface area contributed by atoms with Gasteiger partial charge in [0.15, 0.2) is 30.7 Å². The molecule has 3 aliphatic rings. The van der Waals surface area contributed by atoms with Gasteiger partial charge in [0.05, 0.1) is 19.6 Å². The lowest BCUT2D eigenvalue weighted by molar-refractivity contribution is -0.150. The van der Waals surface area contributed by atoms with Gasteiger partial charge in [-0.25, -0.2) is 0 Å². The lowest BCUT2D eigenvalue weighted by Gasteiger charge is -2.39. The number of carbonyl (C=O) groups excluding carboxylic acids is 7. The van der Waals surface area contributed by atoms with Crippen LogP contribution >= 0.6 is 0 Å². The van der Waals surface area contributed by atoms with E-state index in [2.05, 4.69) is 5.32 Å². The van der Waals surface area contributed by atoms with Crippen LogP contribution in [0.15, 0.2) is 0 Å². The second kappa shape index (κ2) is 49.8. The van der Waals surface area contributed by atoms with Crippen LogP contribution in [0.5, 0.6) is 0 Å². The van der Waals surface area contributed by atoms with Crippen LogP contribution in [-0.2, 0) is 86.0 Å². The van der Waals surface area contributed by atoms with Crippen LogP contribution in [-0.4, -0.2) is 414 Å². The minimum Gasteiger partial charge on any atom is -0.480 e. The normalized spacial score (nSPS) is 20.7. The van der Waals surface area contributed by atoms with E-state index in [1.807, 2.05) is 75.8 Å². The second-order valence-electron chi connectivity index (χ2n) is 29.7. The Bertz CT molecular complexity index is 2710. The fourth-order valence-corrected chi connectivity index (χ4v) is 11.6. The van der Waals surface area contributed by atoms with E-state index in [0.29, 0.717) is 170 Å². The molecule has 3 heterocycles. The first-order chi connectivity index (χ1) is 49.5.